The van der Waals surface area contributed by atoms with Crippen molar-refractivity contribution in [1.29, 1.82) is 0 Å². The predicted molar refractivity (Wildman–Crippen MR) is 73.3 cm³/mol. The molecule has 1 nitrogen and oxygen atoms in total. The molecule has 0 aromatic heterocycles. The van der Waals surface area contributed by atoms with Crippen molar-refractivity contribution in [3.63, 3.8) is 0 Å². The summed E-state index contributed by atoms with van der Waals surface area (Å²) in [7, 11) is 0. The van der Waals surface area contributed by atoms with E-state index in [4.69, 9.17) is 23.2 Å². The van der Waals surface area contributed by atoms with Crippen LogP contribution in [0.5, 0.6) is 0 Å². The van der Waals surface area contributed by atoms with E-state index in [9.17, 15) is 0 Å². The largest absolute Gasteiger partial charge is 0.311 e. The second kappa shape index (κ2) is 6.29. The Balaban J connectivity index is 2.74. The van der Waals surface area contributed by atoms with Crippen LogP contribution in [-0.4, -0.2) is 12.6 Å². The molecule has 0 bridgehead atoms. The minimum Gasteiger partial charge on any atom is -0.311 e. The van der Waals surface area contributed by atoms with Gasteiger partial charge in [0.05, 0.1) is 0 Å². The Morgan fingerprint density at radius 1 is 1.38 bits per heavy atom. The number of hydrogen-bond donors (Lipinski definition) is 1. The SMILES string of the molecule is CC(=Cc1ccc(Cl)cc1Cl)CNC(C)C. The van der Waals surface area contributed by atoms with E-state index in [1.165, 1.54) is 5.57 Å². The molecule has 0 amide bonds. The topological polar surface area (TPSA) is 12.0 Å². The van der Waals surface area contributed by atoms with Crippen molar-refractivity contribution in [1.82, 2.24) is 5.32 Å². The smallest absolute Gasteiger partial charge is 0.0493 e. The first-order chi connectivity index (χ1) is 7.49. The van der Waals surface area contributed by atoms with Gasteiger partial charge in [0.2, 0.25) is 0 Å². The minimum absolute atomic E-state index is 0.490. The summed E-state index contributed by atoms with van der Waals surface area (Å²) in [6, 6.07) is 6.04. The summed E-state index contributed by atoms with van der Waals surface area (Å²) in [4.78, 5) is 0. The second-order valence-electron chi connectivity index (χ2n) is 4.19. The van der Waals surface area contributed by atoms with Gasteiger partial charge in [-0.25, -0.2) is 0 Å². The van der Waals surface area contributed by atoms with E-state index in [-0.39, 0.29) is 0 Å². The number of nitrogens with one attached hydrogen (secondary N) is 1. The normalized spacial score (nSPS) is 12.2. The van der Waals surface area contributed by atoms with Crippen molar-refractivity contribution >= 4 is 29.3 Å². The molecular formula is C13H17Cl2N. The third kappa shape index (κ3) is 4.56. The quantitative estimate of drug-likeness (QED) is 0.844. The average Bonchev–Trinajstić information content (AvgIpc) is 2.19. The molecule has 1 N–H and O–H groups in total. The molecule has 1 aromatic rings. The van der Waals surface area contributed by atoms with Crippen LogP contribution in [0.25, 0.3) is 6.08 Å². The Morgan fingerprint density at radius 2 is 2.06 bits per heavy atom. The lowest BCUT2D eigenvalue weighted by molar-refractivity contribution is 0.623. The minimum atomic E-state index is 0.490. The van der Waals surface area contributed by atoms with Gasteiger partial charge >= 0.3 is 0 Å². The fourth-order valence-corrected chi connectivity index (χ4v) is 1.76. The molecule has 0 unspecified atom stereocenters. The molecule has 0 radical (unpaired) electrons. The predicted octanol–water partition coefficient (Wildman–Crippen LogP) is 4.39. The number of rotatable bonds is 4. The molecule has 1 rings (SSSR count). The van der Waals surface area contributed by atoms with E-state index in [0.29, 0.717) is 16.1 Å². The lowest BCUT2D eigenvalue weighted by atomic mass is 10.1. The van der Waals surface area contributed by atoms with Crippen LogP contribution in [0.3, 0.4) is 0 Å². The fraction of sp³-hybridized carbons (Fsp3) is 0.385. The van der Waals surface area contributed by atoms with E-state index < -0.39 is 0 Å². The van der Waals surface area contributed by atoms with Crippen LogP contribution >= 0.6 is 23.2 Å². The Bertz CT molecular complexity index is 384. The highest BCUT2D eigenvalue weighted by Crippen LogP contribution is 2.22. The van der Waals surface area contributed by atoms with Crippen molar-refractivity contribution in [3.8, 4) is 0 Å². The average molecular weight is 258 g/mol. The molecule has 0 aliphatic heterocycles. The van der Waals surface area contributed by atoms with Crippen LogP contribution < -0.4 is 5.32 Å². The summed E-state index contributed by atoms with van der Waals surface area (Å²) in [5.74, 6) is 0. The van der Waals surface area contributed by atoms with E-state index >= 15 is 0 Å². The van der Waals surface area contributed by atoms with Gasteiger partial charge in [0, 0.05) is 22.6 Å². The van der Waals surface area contributed by atoms with Gasteiger partial charge in [-0.3, -0.25) is 0 Å². The van der Waals surface area contributed by atoms with Crippen molar-refractivity contribution in [2.45, 2.75) is 26.8 Å². The van der Waals surface area contributed by atoms with Gasteiger partial charge in [0.25, 0.3) is 0 Å². The Kier molecular flexibility index (Phi) is 5.33. The molecule has 0 aliphatic carbocycles. The maximum Gasteiger partial charge on any atom is 0.0493 e. The van der Waals surface area contributed by atoms with Crippen LogP contribution in [0.4, 0.5) is 0 Å². The molecule has 3 heteroatoms. The highest BCUT2D eigenvalue weighted by atomic mass is 35.5. The van der Waals surface area contributed by atoms with Gasteiger partial charge in [0.1, 0.15) is 0 Å². The summed E-state index contributed by atoms with van der Waals surface area (Å²) >= 11 is 11.9. The molecule has 0 fully saturated rings. The maximum atomic E-state index is 6.09. The van der Waals surface area contributed by atoms with E-state index in [0.717, 1.165) is 12.1 Å². The molecule has 0 saturated heterocycles. The Labute approximate surface area is 107 Å². The zero-order valence-corrected chi connectivity index (χ0v) is 11.4. The Morgan fingerprint density at radius 3 is 2.62 bits per heavy atom. The standard InChI is InChI=1S/C13H17Cl2N/c1-9(2)16-8-10(3)6-11-4-5-12(14)7-13(11)15/h4-7,9,16H,8H2,1-3H3. The molecule has 0 saturated carbocycles. The molecule has 0 atom stereocenters. The van der Waals surface area contributed by atoms with Crippen molar-refractivity contribution in [3.05, 3.63) is 39.4 Å². The summed E-state index contributed by atoms with van der Waals surface area (Å²) < 4.78 is 0. The van der Waals surface area contributed by atoms with Gasteiger partial charge in [0.15, 0.2) is 0 Å². The van der Waals surface area contributed by atoms with E-state index in [2.05, 4.69) is 32.2 Å². The molecule has 1 aromatic carbocycles. The lowest BCUT2D eigenvalue weighted by Gasteiger charge is -2.08. The number of halogens is 2. The third-order valence-electron chi connectivity index (χ3n) is 2.15. The van der Waals surface area contributed by atoms with Gasteiger partial charge in [-0.2, -0.15) is 0 Å². The maximum absolute atomic E-state index is 6.09. The first kappa shape index (κ1) is 13.6. The molecule has 88 valence electrons. The second-order valence-corrected chi connectivity index (χ2v) is 5.04. The summed E-state index contributed by atoms with van der Waals surface area (Å²) in [5.41, 5.74) is 2.26. The Hall–Kier alpha value is -0.500. The molecule has 16 heavy (non-hydrogen) atoms. The third-order valence-corrected chi connectivity index (χ3v) is 2.72. The molecule has 0 aliphatic rings. The monoisotopic (exact) mass is 257 g/mol. The summed E-state index contributed by atoms with van der Waals surface area (Å²) in [6.07, 6.45) is 2.08. The van der Waals surface area contributed by atoms with Gasteiger partial charge < -0.3 is 5.32 Å². The van der Waals surface area contributed by atoms with Crippen molar-refractivity contribution in [2.75, 3.05) is 6.54 Å². The first-order valence-corrected chi connectivity index (χ1v) is 6.10. The van der Waals surface area contributed by atoms with Gasteiger partial charge in [-0.05, 0) is 24.6 Å². The van der Waals surface area contributed by atoms with Crippen molar-refractivity contribution < 1.29 is 0 Å². The fourth-order valence-electron chi connectivity index (χ4n) is 1.30. The van der Waals surface area contributed by atoms with Gasteiger partial charge in [-0.15, -0.1) is 0 Å². The van der Waals surface area contributed by atoms with Crippen LogP contribution in [-0.2, 0) is 0 Å². The first-order valence-electron chi connectivity index (χ1n) is 5.34. The summed E-state index contributed by atoms with van der Waals surface area (Å²) in [5, 5.41) is 4.72. The molecular weight excluding hydrogens is 241 g/mol. The highest BCUT2D eigenvalue weighted by molar-refractivity contribution is 6.35. The van der Waals surface area contributed by atoms with E-state index in [1.807, 2.05) is 12.1 Å². The van der Waals surface area contributed by atoms with Crippen LogP contribution in [0.15, 0.2) is 23.8 Å². The van der Waals surface area contributed by atoms with Crippen LogP contribution in [0, 0.1) is 0 Å². The van der Waals surface area contributed by atoms with E-state index in [1.54, 1.807) is 6.07 Å². The molecule has 0 spiro atoms. The van der Waals surface area contributed by atoms with Gasteiger partial charge in [-0.1, -0.05) is 54.8 Å². The summed E-state index contributed by atoms with van der Waals surface area (Å²) in [6.45, 7) is 7.21. The van der Waals surface area contributed by atoms with Crippen LogP contribution in [0.1, 0.15) is 26.3 Å². The number of benzene rings is 1. The highest BCUT2D eigenvalue weighted by Gasteiger charge is 1.99. The molecule has 0 heterocycles. The zero-order chi connectivity index (χ0) is 12.1. The zero-order valence-electron chi connectivity index (χ0n) is 9.85. The lowest BCUT2D eigenvalue weighted by Crippen LogP contribution is -2.24. The van der Waals surface area contributed by atoms with Crippen LogP contribution in [0.2, 0.25) is 10.0 Å². The number of hydrogen-bond acceptors (Lipinski definition) is 1. The van der Waals surface area contributed by atoms with Crippen molar-refractivity contribution in [2.24, 2.45) is 0 Å².